The van der Waals surface area contributed by atoms with Gasteiger partial charge in [0.2, 0.25) is 0 Å². The van der Waals surface area contributed by atoms with Gasteiger partial charge in [-0.15, -0.1) is 0 Å². The quantitative estimate of drug-likeness (QED) is 0.386. The molecule has 1 saturated heterocycles. The van der Waals surface area contributed by atoms with Crippen molar-refractivity contribution in [2.75, 3.05) is 6.54 Å². The van der Waals surface area contributed by atoms with Gasteiger partial charge in [-0.05, 0) is 18.4 Å². The van der Waals surface area contributed by atoms with Gasteiger partial charge in [0, 0.05) is 4.91 Å². The maximum absolute atomic E-state index is 9.39. The Labute approximate surface area is 75.4 Å². The highest BCUT2D eigenvalue weighted by Gasteiger charge is 2.28. The van der Waals surface area contributed by atoms with E-state index in [0.717, 1.165) is 0 Å². The third kappa shape index (κ3) is 2.60. The molecule has 3 unspecified atom stereocenters. The van der Waals surface area contributed by atoms with E-state index in [-0.39, 0.29) is 6.54 Å². The fourth-order valence-corrected chi connectivity index (χ4v) is 1.25. The van der Waals surface area contributed by atoms with Crippen molar-refractivity contribution in [2.24, 2.45) is 5.11 Å². The molecule has 6 nitrogen and oxygen atoms in total. The highest BCUT2D eigenvalue weighted by Crippen LogP contribution is 2.19. The molecule has 3 atom stereocenters. The van der Waals surface area contributed by atoms with Gasteiger partial charge in [-0.1, -0.05) is 5.11 Å². The van der Waals surface area contributed by atoms with Crippen molar-refractivity contribution < 1.29 is 9.84 Å². The van der Waals surface area contributed by atoms with Crippen LogP contribution >= 0.6 is 0 Å². The first-order valence-corrected chi connectivity index (χ1v) is 4.02. The van der Waals surface area contributed by atoms with Crippen molar-refractivity contribution in [1.82, 2.24) is 0 Å². The van der Waals surface area contributed by atoms with E-state index in [9.17, 15) is 5.11 Å². The molecule has 0 saturated carbocycles. The molecule has 1 fully saturated rings. The average molecular weight is 182 g/mol. The van der Waals surface area contributed by atoms with Crippen LogP contribution in [0.15, 0.2) is 5.11 Å². The van der Waals surface area contributed by atoms with Crippen molar-refractivity contribution in [3.63, 3.8) is 0 Å². The van der Waals surface area contributed by atoms with Crippen LogP contribution < -0.4 is 0 Å². The van der Waals surface area contributed by atoms with Gasteiger partial charge in [-0.3, -0.25) is 0 Å². The molecule has 0 aromatic carbocycles. The number of aliphatic hydroxyl groups is 1. The molecule has 0 spiro atoms. The van der Waals surface area contributed by atoms with E-state index in [2.05, 4.69) is 10.0 Å². The Balaban J connectivity index is 2.50. The number of hydrogen-bond acceptors (Lipinski definition) is 4. The lowest BCUT2D eigenvalue weighted by Gasteiger charge is -2.29. The number of hydrogen-bond donors (Lipinski definition) is 1. The minimum atomic E-state index is -0.630. The van der Waals surface area contributed by atoms with Gasteiger partial charge in [0.15, 0.2) is 0 Å². The summed E-state index contributed by atoms with van der Waals surface area (Å²) in [6.45, 7) is 0.0792. The lowest BCUT2D eigenvalue weighted by atomic mass is 10.0. The van der Waals surface area contributed by atoms with Crippen LogP contribution in [0.1, 0.15) is 12.8 Å². The van der Waals surface area contributed by atoms with Crippen molar-refractivity contribution in [1.29, 1.82) is 5.26 Å². The highest BCUT2D eigenvalue weighted by atomic mass is 16.5. The number of aliphatic hydroxyl groups excluding tert-OH is 1. The fourth-order valence-electron chi connectivity index (χ4n) is 1.25. The molecule has 1 heterocycles. The van der Waals surface area contributed by atoms with Crippen LogP contribution in [0.2, 0.25) is 0 Å². The zero-order valence-electron chi connectivity index (χ0n) is 7.00. The number of rotatable bonds is 2. The van der Waals surface area contributed by atoms with Crippen LogP contribution in [0.4, 0.5) is 0 Å². The van der Waals surface area contributed by atoms with Gasteiger partial charge in [0.25, 0.3) is 0 Å². The van der Waals surface area contributed by atoms with Gasteiger partial charge in [-0.2, -0.15) is 5.26 Å². The summed E-state index contributed by atoms with van der Waals surface area (Å²) < 4.78 is 5.17. The molecule has 1 aliphatic heterocycles. The summed E-state index contributed by atoms with van der Waals surface area (Å²) >= 11 is 0. The Morgan fingerprint density at radius 2 is 2.46 bits per heavy atom. The second-order valence-corrected chi connectivity index (χ2v) is 2.85. The minimum absolute atomic E-state index is 0.0792. The molecule has 1 rings (SSSR count). The maximum atomic E-state index is 9.39. The molecule has 0 bridgehead atoms. The maximum Gasteiger partial charge on any atom is 0.144 e. The predicted octanol–water partition coefficient (Wildman–Crippen LogP) is 0.729. The van der Waals surface area contributed by atoms with E-state index in [1.807, 2.05) is 6.07 Å². The SMILES string of the molecule is N#CC1CCC(O)C(CN=[N+]=[N-])O1. The normalized spacial score (nSPS) is 33.1. The third-order valence-electron chi connectivity index (χ3n) is 1.96. The summed E-state index contributed by atoms with van der Waals surface area (Å²) in [7, 11) is 0. The first-order chi connectivity index (χ1) is 6.27. The molecule has 0 aromatic rings. The number of nitrogens with zero attached hydrogens (tertiary/aromatic N) is 4. The first-order valence-electron chi connectivity index (χ1n) is 4.02. The molecule has 13 heavy (non-hydrogen) atoms. The molecule has 1 N–H and O–H groups in total. The summed E-state index contributed by atoms with van der Waals surface area (Å²) in [6, 6.07) is 1.96. The monoisotopic (exact) mass is 182 g/mol. The molecule has 0 amide bonds. The average Bonchev–Trinajstić information content (AvgIpc) is 2.17. The van der Waals surface area contributed by atoms with Gasteiger partial charge in [0.05, 0.1) is 24.8 Å². The van der Waals surface area contributed by atoms with Crippen molar-refractivity contribution >= 4 is 0 Å². The van der Waals surface area contributed by atoms with Gasteiger partial charge in [0.1, 0.15) is 6.10 Å². The molecule has 0 aromatic heterocycles. The summed E-state index contributed by atoms with van der Waals surface area (Å²) in [6.07, 6.45) is -0.597. The van der Waals surface area contributed by atoms with Crippen LogP contribution in [-0.4, -0.2) is 30.0 Å². The Morgan fingerprint density at radius 3 is 3.08 bits per heavy atom. The van der Waals surface area contributed by atoms with E-state index in [1.54, 1.807) is 0 Å². The van der Waals surface area contributed by atoms with Gasteiger partial charge < -0.3 is 9.84 Å². The predicted molar refractivity (Wildman–Crippen MR) is 43.5 cm³/mol. The Morgan fingerprint density at radius 1 is 1.69 bits per heavy atom. The van der Waals surface area contributed by atoms with Crippen molar-refractivity contribution in [3.05, 3.63) is 10.4 Å². The van der Waals surface area contributed by atoms with Crippen LogP contribution in [-0.2, 0) is 4.74 Å². The largest absolute Gasteiger partial charge is 0.390 e. The number of ether oxygens (including phenoxy) is 1. The molecular formula is C7H10N4O2. The number of azide groups is 1. The van der Waals surface area contributed by atoms with E-state index >= 15 is 0 Å². The minimum Gasteiger partial charge on any atom is -0.390 e. The molecule has 6 heteroatoms. The summed E-state index contributed by atoms with van der Waals surface area (Å²) in [4.78, 5) is 2.57. The van der Waals surface area contributed by atoms with Crippen LogP contribution in [0.5, 0.6) is 0 Å². The lowest BCUT2D eigenvalue weighted by molar-refractivity contribution is -0.0925. The highest BCUT2D eigenvalue weighted by molar-refractivity contribution is 4.91. The summed E-state index contributed by atoms with van der Waals surface area (Å²) in [5, 5.41) is 21.3. The van der Waals surface area contributed by atoms with Crippen molar-refractivity contribution in [3.8, 4) is 6.07 Å². The van der Waals surface area contributed by atoms with Crippen LogP contribution in [0.25, 0.3) is 10.4 Å². The second-order valence-electron chi connectivity index (χ2n) is 2.85. The molecule has 70 valence electrons. The zero-order chi connectivity index (χ0) is 9.68. The van der Waals surface area contributed by atoms with Crippen molar-refractivity contribution in [2.45, 2.75) is 31.2 Å². The lowest BCUT2D eigenvalue weighted by Crippen LogP contribution is -2.40. The zero-order valence-corrected chi connectivity index (χ0v) is 7.00. The smallest absolute Gasteiger partial charge is 0.144 e. The molecule has 1 aliphatic rings. The Hall–Kier alpha value is -1.28. The summed E-state index contributed by atoms with van der Waals surface area (Å²) in [5.41, 5.74) is 8.06. The van der Waals surface area contributed by atoms with Gasteiger partial charge in [-0.25, -0.2) is 0 Å². The Bertz CT molecular complexity index is 256. The van der Waals surface area contributed by atoms with E-state index in [4.69, 9.17) is 15.5 Å². The topological polar surface area (TPSA) is 102 Å². The van der Waals surface area contributed by atoms with Gasteiger partial charge >= 0.3 is 0 Å². The Kier molecular flexibility index (Phi) is 3.53. The fraction of sp³-hybridized carbons (Fsp3) is 0.857. The summed E-state index contributed by atoms with van der Waals surface area (Å²) in [5.74, 6) is 0. The second kappa shape index (κ2) is 4.67. The van der Waals surface area contributed by atoms with E-state index in [1.165, 1.54) is 0 Å². The van der Waals surface area contributed by atoms with E-state index < -0.39 is 18.3 Å². The molecule has 0 radical (unpaired) electrons. The first kappa shape index (κ1) is 9.81. The molecular weight excluding hydrogens is 172 g/mol. The standard InChI is InChI=1S/C7H10N4O2/c8-3-5-1-2-6(12)7(13-5)4-10-11-9/h5-7,12H,1-2,4H2. The van der Waals surface area contributed by atoms with E-state index in [0.29, 0.717) is 12.8 Å². The van der Waals surface area contributed by atoms with Crippen LogP contribution in [0, 0.1) is 11.3 Å². The van der Waals surface area contributed by atoms with Crippen LogP contribution in [0.3, 0.4) is 0 Å². The number of nitriles is 1. The molecule has 0 aliphatic carbocycles. The third-order valence-corrected chi connectivity index (χ3v) is 1.96.